The Morgan fingerprint density at radius 1 is 1.38 bits per heavy atom. The first-order valence-corrected chi connectivity index (χ1v) is 7.32. The fourth-order valence-electron chi connectivity index (χ4n) is 1.67. The predicted octanol–water partition coefficient (Wildman–Crippen LogP) is 1.75. The molecule has 0 fully saturated rings. The highest BCUT2D eigenvalue weighted by Gasteiger charge is 2.10. The normalized spacial score (nSPS) is 10.4. The van der Waals surface area contributed by atoms with Gasteiger partial charge < -0.3 is 10.1 Å². The largest absolute Gasteiger partial charge is 0.383 e. The van der Waals surface area contributed by atoms with Crippen molar-refractivity contribution >= 4 is 34.2 Å². The number of hydrogen-bond acceptors (Lipinski definition) is 4. The highest BCUT2D eigenvalue weighted by Crippen LogP contribution is 2.13. The van der Waals surface area contributed by atoms with Crippen molar-refractivity contribution in [3.63, 3.8) is 0 Å². The summed E-state index contributed by atoms with van der Waals surface area (Å²) in [5.74, 6) is -0.358. The third kappa shape index (κ3) is 4.36. The Balaban J connectivity index is 2.17. The topological polar surface area (TPSA) is 73.2 Å². The molecule has 0 aliphatic rings. The molecule has 1 heterocycles. The Hall–Kier alpha value is -1.74. The van der Waals surface area contributed by atoms with Gasteiger partial charge in [-0.3, -0.25) is 9.59 Å². The van der Waals surface area contributed by atoms with Crippen LogP contribution in [0.5, 0.6) is 0 Å². The predicted molar refractivity (Wildman–Crippen MR) is 87.5 cm³/mol. The molecule has 0 saturated carbocycles. The maximum absolute atomic E-state index is 12.1. The molecule has 0 atom stereocenters. The second-order valence-corrected chi connectivity index (χ2v) is 5.48. The Labute approximate surface area is 135 Å². The van der Waals surface area contributed by atoms with Gasteiger partial charge in [-0.05, 0) is 46.9 Å². The summed E-state index contributed by atoms with van der Waals surface area (Å²) in [6, 6.07) is 10.2. The lowest BCUT2D eigenvalue weighted by Gasteiger charge is -2.07. The van der Waals surface area contributed by atoms with E-state index in [-0.39, 0.29) is 17.2 Å². The summed E-state index contributed by atoms with van der Waals surface area (Å²) in [4.78, 5) is 23.8. The molecule has 0 bridgehead atoms. The molecule has 1 amide bonds. The number of nitrogens with zero attached hydrogens (tertiary/aromatic N) is 2. The smallest absolute Gasteiger partial charge is 0.276 e. The molecule has 21 heavy (non-hydrogen) atoms. The van der Waals surface area contributed by atoms with Gasteiger partial charge in [-0.2, -0.15) is 5.10 Å². The van der Waals surface area contributed by atoms with Crippen molar-refractivity contribution in [3.8, 4) is 0 Å². The summed E-state index contributed by atoms with van der Waals surface area (Å²) in [6.07, 6.45) is 0. The van der Waals surface area contributed by atoms with E-state index in [9.17, 15) is 9.59 Å². The number of ether oxygens (including phenoxy) is 1. The second kappa shape index (κ2) is 7.32. The lowest BCUT2D eigenvalue weighted by atomic mass is 10.3. The monoisotopic (exact) mass is 399 g/mol. The number of carbonyl (C=O) groups is 1. The molecule has 0 unspecified atom stereocenters. The molecule has 0 saturated heterocycles. The van der Waals surface area contributed by atoms with Crippen LogP contribution >= 0.6 is 22.6 Å². The number of anilines is 1. The molecule has 0 spiro atoms. The van der Waals surface area contributed by atoms with Gasteiger partial charge in [0.05, 0.1) is 13.2 Å². The molecule has 0 aliphatic carbocycles. The number of methoxy groups -OCH3 is 1. The minimum Gasteiger partial charge on any atom is -0.383 e. The molecule has 1 aromatic carbocycles. The van der Waals surface area contributed by atoms with Crippen LogP contribution in [0.4, 0.5) is 5.69 Å². The zero-order valence-electron chi connectivity index (χ0n) is 11.4. The average Bonchev–Trinajstić information content (AvgIpc) is 2.46. The molecule has 2 aromatic rings. The molecule has 6 nitrogen and oxygen atoms in total. The maximum atomic E-state index is 12.1. The number of carbonyl (C=O) groups excluding carboxylic acids is 1. The van der Waals surface area contributed by atoms with E-state index in [1.54, 1.807) is 13.2 Å². The quantitative estimate of drug-likeness (QED) is 0.778. The van der Waals surface area contributed by atoms with Gasteiger partial charge in [-0.15, -0.1) is 0 Å². The minimum atomic E-state index is -0.358. The summed E-state index contributed by atoms with van der Waals surface area (Å²) < 4.78 is 7.14. The molecule has 7 heteroatoms. The van der Waals surface area contributed by atoms with Gasteiger partial charge in [0.25, 0.3) is 11.5 Å². The van der Waals surface area contributed by atoms with Crippen molar-refractivity contribution in [3.05, 3.63) is 56.0 Å². The summed E-state index contributed by atoms with van der Waals surface area (Å²) in [5, 5.41) is 6.79. The number of halogens is 1. The van der Waals surface area contributed by atoms with Crippen LogP contribution in [0, 0.1) is 3.57 Å². The van der Waals surface area contributed by atoms with Gasteiger partial charge in [0.2, 0.25) is 0 Å². The molecule has 1 N–H and O–H groups in total. The molecular formula is C14H14IN3O3. The minimum absolute atomic E-state index is 0.185. The van der Waals surface area contributed by atoms with Crippen molar-refractivity contribution in [2.45, 2.75) is 6.54 Å². The van der Waals surface area contributed by atoms with Crippen molar-refractivity contribution in [1.29, 1.82) is 0 Å². The third-order valence-corrected chi connectivity index (χ3v) is 3.36. The third-order valence-electron chi connectivity index (χ3n) is 2.69. The van der Waals surface area contributed by atoms with Crippen molar-refractivity contribution in [2.75, 3.05) is 19.0 Å². The van der Waals surface area contributed by atoms with Crippen LogP contribution < -0.4 is 10.9 Å². The van der Waals surface area contributed by atoms with Crippen LogP contribution in [0.15, 0.2) is 41.2 Å². The van der Waals surface area contributed by atoms with Crippen LogP contribution in [0.25, 0.3) is 0 Å². The van der Waals surface area contributed by atoms with E-state index in [2.05, 4.69) is 33.0 Å². The molecule has 1 aromatic heterocycles. The lowest BCUT2D eigenvalue weighted by molar-refractivity contribution is 0.101. The first-order valence-electron chi connectivity index (χ1n) is 6.24. The van der Waals surface area contributed by atoms with Crippen LogP contribution in [-0.4, -0.2) is 29.4 Å². The highest BCUT2D eigenvalue weighted by atomic mass is 127. The fraction of sp³-hybridized carbons (Fsp3) is 0.214. The summed E-state index contributed by atoms with van der Waals surface area (Å²) in [5.41, 5.74) is 0.603. The van der Waals surface area contributed by atoms with Gasteiger partial charge in [0, 0.05) is 22.4 Å². The first kappa shape index (κ1) is 15.6. The standard InChI is InChI=1S/C14H14IN3O3/c1-21-8-7-18-13(19)6-5-12(17-18)14(20)16-11-4-2-3-10(15)9-11/h2-6,9H,7-8H2,1H3,(H,16,20). The average molecular weight is 399 g/mol. The van der Waals surface area contributed by atoms with Gasteiger partial charge in [0.15, 0.2) is 0 Å². The SMILES string of the molecule is COCCn1nc(C(=O)Nc2cccc(I)c2)ccc1=O. The number of amides is 1. The number of aromatic nitrogens is 2. The van der Waals surface area contributed by atoms with Gasteiger partial charge in [0.1, 0.15) is 5.69 Å². The van der Waals surface area contributed by atoms with Crippen LogP contribution in [0.1, 0.15) is 10.5 Å². The highest BCUT2D eigenvalue weighted by molar-refractivity contribution is 14.1. The van der Waals surface area contributed by atoms with Gasteiger partial charge in [-0.1, -0.05) is 6.07 Å². The van der Waals surface area contributed by atoms with E-state index in [0.717, 1.165) is 3.57 Å². The van der Waals surface area contributed by atoms with Crippen molar-refractivity contribution in [1.82, 2.24) is 9.78 Å². The zero-order chi connectivity index (χ0) is 15.2. The Bertz CT molecular complexity index is 700. The summed E-state index contributed by atoms with van der Waals surface area (Å²) in [6.45, 7) is 0.661. The summed E-state index contributed by atoms with van der Waals surface area (Å²) in [7, 11) is 1.54. The number of nitrogens with one attached hydrogen (secondary N) is 1. The molecule has 0 radical (unpaired) electrons. The summed E-state index contributed by atoms with van der Waals surface area (Å²) >= 11 is 2.17. The van der Waals surface area contributed by atoms with Crippen LogP contribution in [0.2, 0.25) is 0 Å². The molecular weight excluding hydrogens is 385 g/mol. The number of hydrogen-bond donors (Lipinski definition) is 1. The number of benzene rings is 1. The molecule has 110 valence electrons. The Morgan fingerprint density at radius 2 is 2.19 bits per heavy atom. The van der Waals surface area contributed by atoms with E-state index in [1.165, 1.54) is 16.8 Å². The maximum Gasteiger partial charge on any atom is 0.276 e. The van der Waals surface area contributed by atoms with Crippen LogP contribution in [0.3, 0.4) is 0 Å². The number of rotatable bonds is 5. The van der Waals surface area contributed by atoms with Crippen LogP contribution in [-0.2, 0) is 11.3 Å². The van der Waals surface area contributed by atoms with E-state index < -0.39 is 0 Å². The lowest BCUT2D eigenvalue weighted by Crippen LogP contribution is -2.27. The van der Waals surface area contributed by atoms with Crippen molar-refractivity contribution < 1.29 is 9.53 Å². The fourth-order valence-corrected chi connectivity index (χ4v) is 2.21. The van der Waals surface area contributed by atoms with E-state index >= 15 is 0 Å². The van der Waals surface area contributed by atoms with Gasteiger partial charge in [-0.25, -0.2) is 4.68 Å². The zero-order valence-corrected chi connectivity index (χ0v) is 13.5. The molecule has 0 aliphatic heterocycles. The first-order chi connectivity index (χ1) is 10.1. The van der Waals surface area contributed by atoms with Gasteiger partial charge >= 0.3 is 0 Å². The van der Waals surface area contributed by atoms with E-state index in [1.807, 2.05) is 18.2 Å². The van der Waals surface area contributed by atoms with E-state index in [4.69, 9.17) is 4.74 Å². The molecule has 2 rings (SSSR count). The Kier molecular flexibility index (Phi) is 5.45. The van der Waals surface area contributed by atoms with E-state index in [0.29, 0.717) is 18.8 Å². The second-order valence-electron chi connectivity index (χ2n) is 4.24. The Morgan fingerprint density at radius 3 is 2.90 bits per heavy atom. The van der Waals surface area contributed by atoms with Crippen molar-refractivity contribution in [2.24, 2.45) is 0 Å².